The minimum Gasteiger partial charge on any atom is -0.432 e. The number of hydrogen-bond acceptors (Lipinski definition) is 4. The first kappa shape index (κ1) is 14.4. The van der Waals surface area contributed by atoms with E-state index in [9.17, 15) is 0 Å². The van der Waals surface area contributed by atoms with Gasteiger partial charge in [-0.3, -0.25) is 0 Å². The molecule has 108 valence electrons. The van der Waals surface area contributed by atoms with Crippen molar-refractivity contribution in [3.8, 4) is 0 Å². The first-order chi connectivity index (χ1) is 8.87. The maximum Gasteiger partial charge on any atom is 0.297 e. The Bertz CT molecular complexity index is 406. The van der Waals surface area contributed by atoms with Crippen molar-refractivity contribution in [2.45, 2.75) is 65.6 Å². The summed E-state index contributed by atoms with van der Waals surface area (Å²) in [6.07, 6.45) is 4.26. The van der Waals surface area contributed by atoms with Crippen molar-refractivity contribution in [3.05, 3.63) is 12.0 Å². The van der Waals surface area contributed by atoms with Crippen LogP contribution in [-0.2, 0) is 6.54 Å². The summed E-state index contributed by atoms with van der Waals surface area (Å²) in [6, 6.07) is 1.36. The van der Waals surface area contributed by atoms with E-state index in [0.29, 0.717) is 12.0 Å². The maximum atomic E-state index is 5.67. The third-order valence-electron chi connectivity index (χ3n) is 3.65. The molecule has 2 heterocycles. The molecule has 19 heavy (non-hydrogen) atoms. The van der Waals surface area contributed by atoms with Gasteiger partial charge in [0, 0.05) is 24.7 Å². The molecule has 1 atom stereocenters. The molecule has 1 aromatic rings. The average molecular weight is 265 g/mol. The maximum absolute atomic E-state index is 5.67. The molecule has 0 spiro atoms. The number of nitrogens with zero attached hydrogens (tertiary/aromatic N) is 2. The van der Waals surface area contributed by atoms with Crippen molar-refractivity contribution in [2.75, 3.05) is 11.4 Å². The Labute approximate surface area is 116 Å². The molecule has 2 rings (SSSR count). The van der Waals surface area contributed by atoms with Crippen LogP contribution in [0.15, 0.2) is 10.7 Å². The first-order valence-corrected chi connectivity index (χ1v) is 7.33. The SMILES string of the molecule is CC(C)C1CCCN1c1nc(CNC(C)(C)C)co1. The zero-order valence-corrected chi connectivity index (χ0v) is 12.9. The molecule has 0 bridgehead atoms. The second-order valence-electron chi connectivity index (χ2n) is 6.87. The summed E-state index contributed by atoms with van der Waals surface area (Å²) in [5.74, 6) is 0.644. The molecular formula is C15H27N3O. The third-order valence-corrected chi connectivity index (χ3v) is 3.65. The Hall–Kier alpha value is -1.03. The van der Waals surface area contributed by atoms with Crippen LogP contribution in [0.2, 0.25) is 0 Å². The third kappa shape index (κ3) is 3.72. The van der Waals surface area contributed by atoms with Crippen LogP contribution in [0.3, 0.4) is 0 Å². The number of anilines is 1. The molecule has 0 aliphatic carbocycles. The minimum atomic E-state index is 0.104. The van der Waals surface area contributed by atoms with Gasteiger partial charge in [0.25, 0.3) is 6.01 Å². The van der Waals surface area contributed by atoms with Crippen LogP contribution < -0.4 is 10.2 Å². The minimum absolute atomic E-state index is 0.104. The first-order valence-electron chi connectivity index (χ1n) is 7.33. The predicted octanol–water partition coefficient (Wildman–Crippen LogP) is 3.19. The van der Waals surface area contributed by atoms with E-state index in [1.165, 1.54) is 12.8 Å². The van der Waals surface area contributed by atoms with Crippen molar-refractivity contribution >= 4 is 6.01 Å². The molecule has 1 aromatic heterocycles. The molecule has 4 heteroatoms. The quantitative estimate of drug-likeness (QED) is 0.907. The zero-order chi connectivity index (χ0) is 14.0. The molecular weight excluding hydrogens is 238 g/mol. The van der Waals surface area contributed by atoms with Crippen LogP contribution in [0.4, 0.5) is 6.01 Å². The number of hydrogen-bond donors (Lipinski definition) is 1. The van der Waals surface area contributed by atoms with E-state index < -0.39 is 0 Å². The van der Waals surface area contributed by atoms with Crippen molar-refractivity contribution in [2.24, 2.45) is 5.92 Å². The molecule has 1 fully saturated rings. The van der Waals surface area contributed by atoms with Crippen LogP contribution in [0.25, 0.3) is 0 Å². The van der Waals surface area contributed by atoms with E-state index in [2.05, 4.69) is 49.8 Å². The second kappa shape index (κ2) is 5.53. The van der Waals surface area contributed by atoms with Crippen LogP contribution >= 0.6 is 0 Å². The monoisotopic (exact) mass is 265 g/mol. The molecule has 0 saturated carbocycles. The van der Waals surface area contributed by atoms with Gasteiger partial charge in [-0.2, -0.15) is 4.98 Å². The fraction of sp³-hybridized carbons (Fsp3) is 0.800. The van der Waals surface area contributed by atoms with Crippen molar-refractivity contribution < 1.29 is 4.42 Å². The van der Waals surface area contributed by atoms with Gasteiger partial charge < -0.3 is 14.6 Å². The van der Waals surface area contributed by atoms with E-state index in [1.54, 1.807) is 6.26 Å². The number of oxazole rings is 1. The molecule has 1 unspecified atom stereocenters. The largest absolute Gasteiger partial charge is 0.432 e. The predicted molar refractivity (Wildman–Crippen MR) is 78.3 cm³/mol. The van der Waals surface area contributed by atoms with Gasteiger partial charge in [0.15, 0.2) is 0 Å². The van der Waals surface area contributed by atoms with Crippen molar-refractivity contribution in [1.82, 2.24) is 10.3 Å². The van der Waals surface area contributed by atoms with Gasteiger partial charge in [-0.1, -0.05) is 13.8 Å². The highest BCUT2D eigenvalue weighted by Gasteiger charge is 2.30. The number of aromatic nitrogens is 1. The van der Waals surface area contributed by atoms with Gasteiger partial charge in [-0.25, -0.2) is 0 Å². The highest BCUT2D eigenvalue weighted by molar-refractivity contribution is 5.31. The van der Waals surface area contributed by atoms with Gasteiger partial charge >= 0.3 is 0 Å². The fourth-order valence-electron chi connectivity index (χ4n) is 2.59. The van der Waals surface area contributed by atoms with Crippen LogP contribution in [0, 0.1) is 5.92 Å². The van der Waals surface area contributed by atoms with E-state index in [0.717, 1.165) is 24.8 Å². The van der Waals surface area contributed by atoms with Gasteiger partial charge in [0.2, 0.25) is 0 Å². The summed E-state index contributed by atoms with van der Waals surface area (Å²) >= 11 is 0. The Morgan fingerprint density at radius 2 is 2.21 bits per heavy atom. The molecule has 0 amide bonds. The van der Waals surface area contributed by atoms with Crippen molar-refractivity contribution in [1.29, 1.82) is 0 Å². The summed E-state index contributed by atoms with van der Waals surface area (Å²) in [6.45, 7) is 12.8. The van der Waals surface area contributed by atoms with Gasteiger partial charge in [-0.05, 0) is 39.5 Å². The van der Waals surface area contributed by atoms with Gasteiger partial charge in [0.05, 0.1) is 5.69 Å². The molecule has 0 radical (unpaired) electrons. The van der Waals surface area contributed by atoms with Crippen LogP contribution in [0.5, 0.6) is 0 Å². The molecule has 1 aliphatic heterocycles. The van der Waals surface area contributed by atoms with Gasteiger partial charge in [0.1, 0.15) is 6.26 Å². The Balaban J connectivity index is 2.00. The standard InChI is InChI=1S/C15H27N3O/c1-11(2)13-7-6-8-18(13)14-17-12(10-19-14)9-16-15(3,4)5/h10-11,13,16H,6-9H2,1-5H3. The number of nitrogens with one attached hydrogen (secondary N) is 1. The zero-order valence-electron chi connectivity index (χ0n) is 12.9. The normalized spacial score (nSPS) is 20.5. The van der Waals surface area contributed by atoms with E-state index in [1.807, 2.05) is 0 Å². The summed E-state index contributed by atoms with van der Waals surface area (Å²) in [5.41, 5.74) is 1.09. The lowest BCUT2D eigenvalue weighted by Crippen LogP contribution is -2.35. The summed E-state index contributed by atoms with van der Waals surface area (Å²) in [7, 11) is 0. The Morgan fingerprint density at radius 1 is 1.47 bits per heavy atom. The highest BCUT2D eigenvalue weighted by atomic mass is 16.4. The molecule has 1 aliphatic rings. The lowest BCUT2D eigenvalue weighted by Gasteiger charge is -2.25. The summed E-state index contributed by atoms with van der Waals surface area (Å²) in [4.78, 5) is 6.95. The second-order valence-corrected chi connectivity index (χ2v) is 6.87. The molecule has 4 nitrogen and oxygen atoms in total. The Morgan fingerprint density at radius 3 is 2.84 bits per heavy atom. The smallest absolute Gasteiger partial charge is 0.297 e. The van der Waals surface area contributed by atoms with Gasteiger partial charge in [-0.15, -0.1) is 0 Å². The molecule has 1 saturated heterocycles. The van der Waals surface area contributed by atoms with E-state index in [4.69, 9.17) is 4.42 Å². The Kier molecular flexibility index (Phi) is 4.19. The lowest BCUT2D eigenvalue weighted by molar-refractivity contribution is 0.420. The van der Waals surface area contributed by atoms with Crippen molar-refractivity contribution in [3.63, 3.8) is 0 Å². The fourth-order valence-corrected chi connectivity index (χ4v) is 2.59. The summed E-state index contributed by atoms with van der Waals surface area (Å²) in [5, 5.41) is 3.44. The van der Waals surface area contributed by atoms with Crippen LogP contribution in [-0.4, -0.2) is 23.1 Å². The molecule has 1 N–H and O–H groups in total. The lowest BCUT2D eigenvalue weighted by atomic mass is 10.0. The van der Waals surface area contributed by atoms with E-state index >= 15 is 0 Å². The topological polar surface area (TPSA) is 41.3 Å². The highest BCUT2D eigenvalue weighted by Crippen LogP contribution is 2.29. The summed E-state index contributed by atoms with van der Waals surface area (Å²) < 4.78 is 5.67. The van der Waals surface area contributed by atoms with E-state index in [-0.39, 0.29) is 5.54 Å². The number of rotatable bonds is 4. The average Bonchev–Trinajstić information content (AvgIpc) is 2.94. The van der Waals surface area contributed by atoms with Crippen LogP contribution in [0.1, 0.15) is 53.2 Å². The molecule has 0 aromatic carbocycles.